The third kappa shape index (κ3) is 4.22. The van der Waals surface area contributed by atoms with E-state index in [-0.39, 0.29) is 0 Å². The standard InChI is InChI=1S/C14H14N2O2S/c1-10-16-12(9-19-10)8-18-13-5-2-11(3-6-13)4-7-14(15)17/h2-7,9H,8H2,1H3,(H2,15,17). The van der Waals surface area contributed by atoms with Crippen molar-refractivity contribution < 1.29 is 9.53 Å². The molecule has 19 heavy (non-hydrogen) atoms. The van der Waals surface area contributed by atoms with E-state index in [4.69, 9.17) is 10.5 Å². The van der Waals surface area contributed by atoms with Gasteiger partial charge in [0.2, 0.25) is 5.91 Å². The average molecular weight is 274 g/mol. The lowest BCUT2D eigenvalue weighted by atomic mass is 10.2. The van der Waals surface area contributed by atoms with Gasteiger partial charge in [0.15, 0.2) is 0 Å². The van der Waals surface area contributed by atoms with Crippen molar-refractivity contribution in [3.63, 3.8) is 0 Å². The van der Waals surface area contributed by atoms with Gasteiger partial charge in [0.05, 0.1) is 10.7 Å². The maximum atomic E-state index is 10.6. The monoisotopic (exact) mass is 274 g/mol. The zero-order chi connectivity index (χ0) is 13.7. The lowest BCUT2D eigenvalue weighted by Crippen LogP contribution is -2.05. The Kier molecular flexibility index (Phi) is 4.30. The van der Waals surface area contributed by atoms with Gasteiger partial charge in [-0.1, -0.05) is 12.1 Å². The maximum Gasteiger partial charge on any atom is 0.241 e. The van der Waals surface area contributed by atoms with Crippen molar-refractivity contribution in [3.05, 3.63) is 52.0 Å². The van der Waals surface area contributed by atoms with Crippen LogP contribution in [-0.4, -0.2) is 10.9 Å². The Morgan fingerprint density at radius 1 is 1.42 bits per heavy atom. The van der Waals surface area contributed by atoms with Gasteiger partial charge >= 0.3 is 0 Å². The molecule has 2 aromatic rings. The van der Waals surface area contributed by atoms with E-state index >= 15 is 0 Å². The van der Waals surface area contributed by atoms with E-state index in [1.165, 1.54) is 6.08 Å². The second kappa shape index (κ2) is 6.15. The Hall–Kier alpha value is -2.14. The number of carbonyl (C=O) groups is 1. The summed E-state index contributed by atoms with van der Waals surface area (Å²) in [4.78, 5) is 14.9. The minimum absolute atomic E-state index is 0.459. The Morgan fingerprint density at radius 3 is 2.74 bits per heavy atom. The Labute approximate surface area is 115 Å². The van der Waals surface area contributed by atoms with Gasteiger partial charge in [0.1, 0.15) is 12.4 Å². The van der Waals surface area contributed by atoms with E-state index < -0.39 is 5.91 Å². The van der Waals surface area contributed by atoms with Crippen LogP contribution in [0.15, 0.2) is 35.7 Å². The summed E-state index contributed by atoms with van der Waals surface area (Å²) in [5, 5.41) is 3.02. The number of nitrogens with zero attached hydrogens (tertiary/aromatic N) is 1. The number of aromatic nitrogens is 1. The Bertz CT molecular complexity index is 588. The number of carbonyl (C=O) groups excluding carboxylic acids is 1. The summed E-state index contributed by atoms with van der Waals surface area (Å²) < 4.78 is 5.61. The van der Waals surface area contributed by atoms with Crippen molar-refractivity contribution in [2.24, 2.45) is 5.73 Å². The number of hydrogen-bond donors (Lipinski definition) is 1. The number of amides is 1. The molecule has 5 heteroatoms. The summed E-state index contributed by atoms with van der Waals surface area (Å²) in [6.45, 7) is 2.43. The molecule has 0 fully saturated rings. The third-order valence-electron chi connectivity index (χ3n) is 2.37. The second-order valence-corrected chi connectivity index (χ2v) is 5.01. The van der Waals surface area contributed by atoms with Crippen molar-refractivity contribution in [3.8, 4) is 5.75 Å². The predicted octanol–water partition coefficient (Wildman–Crippen LogP) is 2.53. The van der Waals surface area contributed by atoms with Crippen LogP contribution in [0.5, 0.6) is 5.75 Å². The quantitative estimate of drug-likeness (QED) is 0.852. The minimum atomic E-state index is -0.459. The number of thiazole rings is 1. The predicted molar refractivity (Wildman–Crippen MR) is 75.9 cm³/mol. The molecule has 1 aromatic heterocycles. The van der Waals surface area contributed by atoms with Crippen molar-refractivity contribution in [2.45, 2.75) is 13.5 Å². The molecule has 2 N–H and O–H groups in total. The molecule has 0 saturated carbocycles. The van der Waals surface area contributed by atoms with Crippen LogP contribution in [0.4, 0.5) is 0 Å². The van der Waals surface area contributed by atoms with Crippen molar-refractivity contribution in [1.82, 2.24) is 4.98 Å². The second-order valence-electron chi connectivity index (χ2n) is 3.95. The number of nitrogens with two attached hydrogens (primary N) is 1. The number of benzene rings is 1. The molecule has 0 saturated heterocycles. The first kappa shape index (κ1) is 13.3. The topological polar surface area (TPSA) is 65.2 Å². The first-order valence-electron chi connectivity index (χ1n) is 5.75. The van der Waals surface area contributed by atoms with Gasteiger partial charge in [0.25, 0.3) is 0 Å². The highest BCUT2D eigenvalue weighted by Crippen LogP contribution is 2.16. The van der Waals surface area contributed by atoms with Crippen LogP contribution in [0, 0.1) is 6.92 Å². The van der Waals surface area contributed by atoms with Crippen LogP contribution >= 0.6 is 11.3 Å². The van der Waals surface area contributed by atoms with Crippen LogP contribution in [0.1, 0.15) is 16.3 Å². The van der Waals surface area contributed by atoms with Gasteiger partial charge in [-0.2, -0.15) is 0 Å². The van der Waals surface area contributed by atoms with Gasteiger partial charge in [-0.25, -0.2) is 4.98 Å². The number of rotatable bonds is 5. The molecule has 0 aliphatic heterocycles. The van der Waals surface area contributed by atoms with Gasteiger partial charge in [-0.05, 0) is 30.7 Å². The molecule has 4 nitrogen and oxygen atoms in total. The molecule has 0 spiro atoms. The molecule has 98 valence electrons. The van der Waals surface area contributed by atoms with E-state index in [0.29, 0.717) is 6.61 Å². The lowest BCUT2D eigenvalue weighted by Gasteiger charge is -2.04. The molecule has 2 rings (SSSR count). The number of aryl methyl sites for hydroxylation is 1. The van der Waals surface area contributed by atoms with Crippen LogP contribution in [0.25, 0.3) is 6.08 Å². The lowest BCUT2D eigenvalue weighted by molar-refractivity contribution is -0.113. The fourth-order valence-electron chi connectivity index (χ4n) is 1.49. The molecule has 1 aromatic carbocycles. The molecule has 1 amide bonds. The van der Waals surface area contributed by atoms with Crippen LogP contribution < -0.4 is 10.5 Å². The Morgan fingerprint density at radius 2 is 2.16 bits per heavy atom. The smallest absolute Gasteiger partial charge is 0.241 e. The molecular formula is C14H14N2O2S. The molecule has 0 aliphatic rings. The molecule has 0 bridgehead atoms. The van der Waals surface area contributed by atoms with E-state index in [1.807, 2.05) is 36.6 Å². The SMILES string of the molecule is Cc1nc(COc2ccc(C=CC(N)=O)cc2)cs1. The first-order valence-corrected chi connectivity index (χ1v) is 6.63. The van der Waals surface area contributed by atoms with Crippen LogP contribution in [-0.2, 0) is 11.4 Å². The van der Waals surface area contributed by atoms with E-state index in [0.717, 1.165) is 22.0 Å². The van der Waals surface area contributed by atoms with Gasteiger partial charge < -0.3 is 10.5 Å². The summed E-state index contributed by atoms with van der Waals surface area (Å²) in [5.74, 6) is 0.307. The fourth-order valence-corrected chi connectivity index (χ4v) is 2.08. The third-order valence-corrected chi connectivity index (χ3v) is 3.20. The highest BCUT2D eigenvalue weighted by atomic mass is 32.1. The summed E-state index contributed by atoms with van der Waals surface area (Å²) >= 11 is 1.61. The largest absolute Gasteiger partial charge is 0.487 e. The minimum Gasteiger partial charge on any atom is -0.487 e. The molecular weight excluding hydrogens is 260 g/mol. The molecule has 1 heterocycles. The van der Waals surface area contributed by atoms with Gasteiger partial charge in [0, 0.05) is 11.5 Å². The number of primary amides is 1. The summed E-state index contributed by atoms with van der Waals surface area (Å²) in [6.07, 6.45) is 2.99. The normalized spacial score (nSPS) is 10.8. The zero-order valence-electron chi connectivity index (χ0n) is 10.5. The molecule has 0 aliphatic carbocycles. The maximum absolute atomic E-state index is 10.6. The fraction of sp³-hybridized carbons (Fsp3) is 0.143. The van der Waals surface area contributed by atoms with Crippen molar-refractivity contribution >= 4 is 23.3 Å². The highest BCUT2D eigenvalue weighted by Gasteiger charge is 1.99. The van der Waals surface area contributed by atoms with Gasteiger partial charge in [-0.15, -0.1) is 11.3 Å². The van der Waals surface area contributed by atoms with Crippen molar-refractivity contribution in [2.75, 3.05) is 0 Å². The molecule has 0 radical (unpaired) electrons. The zero-order valence-corrected chi connectivity index (χ0v) is 11.3. The van der Waals surface area contributed by atoms with Gasteiger partial charge in [-0.3, -0.25) is 4.79 Å². The van der Waals surface area contributed by atoms with E-state index in [9.17, 15) is 4.79 Å². The number of ether oxygens (including phenoxy) is 1. The van der Waals surface area contributed by atoms with Crippen LogP contribution in [0.2, 0.25) is 0 Å². The average Bonchev–Trinajstić information content (AvgIpc) is 2.81. The Balaban J connectivity index is 1.93. The van der Waals surface area contributed by atoms with E-state index in [1.54, 1.807) is 17.4 Å². The highest BCUT2D eigenvalue weighted by molar-refractivity contribution is 7.09. The van der Waals surface area contributed by atoms with Crippen LogP contribution in [0.3, 0.4) is 0 Å². The summed E-state index contributed by atoms with van der Waals surface area (Å²) in [7, 11) is 0. The van der Waals surface area contributed by atoms with Crippen molar-refractivity contribution in [1.29, 1.82) is 0 Å². The van der Waals surface area contributed by atoms with E-state index in [2.05, 4.69) is 4.98 Å². The molecule has 0 atom stereocenters. The molecule has 0 unspecified atom stereocenters. The summed E-state index contributed by atoms with van der Waals surface area (Å²) in [5.41, 5.74) is 6.86. The number of hydrogen-bond acceptors (Lipinski definition) is 4. The summed E-state index contributed by atoms with van der Waals surface area (Å²) in [6, 6.07) is 7.42. The first-order chi connectivity index (χ1) is 9.13.